The molecule has 5 heteroatoms. The van der Waals surface area contributed by atoms with Crippen LogP contribution in [-0.2, 0) is 16.1 Å². The SMILES string of the molecule is N[C@H](C(=O)N1Cc2ccccc2[C@H]1C(=O)O)C1CCCCC1. The normalized spacial score (nSPS) is 23.1. The minimum absolute atomic E-state index is 0.180. The number of fused-ring (bicyclic) bond motifs is 1. The van der Waals surface area contributed by atoms with Crippen LogP contribution in [0.25, 0.3) is 0 Å². The predicted molar refractivity (Wildman–Crippen MR) is 81.9 cm³/mol. The number of carboxylic acids is 1. The summed E-state index contributed by atoms with van der Waals surface area (Å²) in [6.45, 7) is 0.340. The van der Waals surface area contributed by atoms with Crippen LogP contribution in [0.5, 0.6) is 0 Å². The lowest BCUT2D eigenvalue weighted by Gasteiger charge is -2.31. The summed E-state index contributed by atoms with van der Waals surface area (Å²) in [6.07, 6.45) is 5.34. The van der Waals surface area contributed by atoms with Crippen LogP contribution < -0.4 is 5.73 Å². The van der Waals surface area contributed by atoms with Crippen LogP contribution >= 0.6 is 0 Å². The number of carbonyl (C=O) groups is 2. The summed E-state index contributed by atoms with van der Waals surface area (Å²) in [6, 6.07) is 5.85. The van der Waals surface area contributed by atoms with Crippen molar-refractivity contribution in [1.82, 2.24) is 4.90 Å². The Balaban J connectivity index is 1.81. The van der Waals surface area contributed by atoms with E-state index in [0.29, 0.717) is 12.1 Å². The highest BCUT2D eigenvalue weighted by molar-refractivity contribution is 5.89. The van der Waals surface area contributed by atoms with Crippen molar-refractivity contribution in [3.63, 3.8) is 0 Å². The quantitative estimate of drug-likeness (QED) is 0.895. The maximum absolute atomic E-state index is 12.8. The molecule has 1 heterocycles. The van der Waals surface area contributed by atoms with Crippen molar-refractivity contribution in [3.05, 3.63) is 35.4 Å². The summed E-state index contributed by atoms with van der Waals surface area (Å²) in [5.41, 5.74) is 7.79. The van der Waals surface area contributed by atoms with Crippen LogP contribution in [0.2, 0.25) is 0 Å². The first-order valence-corrected chi connectivity index (χ1v) is 7.96. The number of nitrogens with two attached hydrogens (primary N) is 1. The highest BCUT2D eigenvalue weighted by Gasteiger charge is 2.41. The van der Waals surface area contributed by atoms with Crippen LogP contribution in [-0.4, -0.2) is 27.9 Å². The number of amides is 1. The van der Waals surface area contributed by atoms with E-state index in [4.69, 9.17) is 5.73 Å². The van der Waals surface area contributed by atoms with Gasteiger partial charge < -0.3 is 15.7 Å². The zero-order valence-corrected chi connectivity index (χ0v) is 12.6. The lowest BCUT2D eigenvalue weighted by Crippen LogP contribution is -2.48. The molecule has 2 aliphatic rings. The first-order chi connectivity index (χ1) is 10.6. The van der Waals surface area contributed by atoms with Gasteiger partial charge in [0.2, 0.25) is 5.91 Å². The second-order valence-electron chi connectivity index (χ2n) is 6.33. The first-order valence-electron chi connectivity index (χ1n) is 7.96. The molecule has 5 nitrogen and oxygen atoms in total. The fourth-order valence-electron chi connectivity index (χ4n) is 3.75. The molecule has 1 fully saturated rings. The smallest absolute Gasteiger partial charge is 0.331 e. The second-order valence-corrected chi connectivity index (χ2v) is 6.33. The molecule has 1 aromatic carbocycles. The number of aliphatic carboxylic acids is 1. The topological polar surface area (TPSA) is 83.6 Å². The Kier molecular flexibility index (Phi) is 4.16. The summed E-state index contributed by atoms with van der Waals surface area (Å²) in [7, 11) is 0. The fourth-order valence-corrected chi connectivity index (χ4v) is 3.75. The van der Waals surface area contributed by atoms with Crippen LogP contribution in [0.3, 0.4) is 0 Å². The number of carboxylic acid groups (broad SMARTS) is 1. The number of hydrogen-bond acceptors (Lipinski definition) is 3. The number of hydrogen-bond donors (Lipinski definition) is 2. The minimum atomic E-state index is -0.992. The van der Waals surface area contributed by atoms with Crippen LogP contribution in [0.4, 0.5) is 0 Å². The third-order valence-corrected chi connectivity index (χ3v) is 4.96. The van der Waals surface area contributed by atoms with Gasteiger partial charge in [0.1, 0.15) is 0 Å². The first kappa shape index (κ1) is 15.0. The monoisotopic (exact) mass is 302 g/mol. The second kappa shape index (κ2) is 6.08. The molecule has 0 aromatic heterocycles. The third-order valence-electron chi connectivity index (χ3n) is 4.96. The molecular weight excluding hydrogens is 280 g/mol. The van der Waals surface area contributed by atoms with Gasteiger partial charge in [-0.15, -0.1) is 0 Å². The van der Waals surface area contributed by atoms with Gasteiger partial charge in [-0.1, -0.05) is 43.5 Å². The van der Waals surface area contributed by atoms with E-state index in [0.717, 1.165) is 31.2 Å². The molecule has 1 saturated carbocycles. The summed E-state index contributed by atoms with van der Waals surface area (Å²) >= 11 is 0. The molecule has 1 amide bonds. The van der Waals surface area contributed by atoms with Gasteiger partial charge in [0.25, 0.3) is 0 Å². The van der Waals surface area contributed by atoms with Crippen molar-refractivity contribution in [1.29, 1.82) is 0 Å². The minimum Gasteiger partial charge on any atom is -0.479 e. The highest BCUT2D eigenvalue weighted by Crippen LogP contribution is 2.35. The highest BCUT2D eigenvalue weighted by atomic mass is 16.4. The average Bonchev–Trinajstić information content (AvgIpc) is 2.94. The van der Waals surface area contributed by atoms with E-state index >= 15 is 0 Å². The number of rotatable bonds is 3. The van der Waals surface area contributed by atoms with E-state index in [1.807, 2.05) is 18.2 Å². The van der Waals surface area contributed by atoms with Gasteiger partial charge in [0.15, 0.2) is 6.04 Å². The zero-order valence-electron chi connectivity index (χ0n) is 12.6. The average molecular weight is 302 g/mol. The summed E-state index contributed by atoms with van der Waals surface area (Å²) in [5.74, 6) is -1.04. The molecular formula is C17H22N2O3. The van der Waals surface area contributed by atoms with Crippen molar-refractivity contribution < 1.29 is 14.7 Å². The molecule has 3 N–H and O–H groups in total. The van der Waals surface area contributed by atoms with Crippen molar-refractivity contribution in [2.45, 2.75) is 50.7 Å². The Bertz CT molecular complexity index is 581. The van der Waals surface area contributed by atoms with E-state index in [1.165, 1.54) is 11.3 Å². The molecule has 0 bridgehead atoms. The predicted octanol–water partition coefficient (Wildman–Crippen LogP) is 2.06. The van der Waals surface area contributed by atoms with Crippen molar-refractivity contribution in [3.8, 4) is 0 Å². The Morgan fingerprint density at radius 2 is 1.86 bits per heavy atom. The van der Waals surface area contributed by atoms with Gasteiger partial charge in [-0.3, -0.25) is 4.79 Å². The van der Waals surface area contributed by atoms with Crippen LogP contribution in [0, 0.1) is 5.92 Å². The standard InChI is InChI=1S/C17H22N2O3/c18-14(11-6-2-1-3-7-11)16(20)19-10-12-8-4-5-9-13(12)15(19)17(21)22/h4-5,8-9,11,14-15H,1-3,6-7,10,18H2,(H,21,22)/t14-,15-/m0/s1. The molecule has 118 valence electrons. The van der Waals surface area contributed by atoms with E-state index in [-0.39, 0.29) is 11.8 Å². The number of nitrogens with zero attached hydrogens (tertiary/aromatic N) is 1. The molecule has 0 saturated heterocycles. The van der Waals surface area contributed by atoms with Crippen LogP contribution in [0.15, 0.2) is 24.3 Å². The Morgan fingerprint density at radius 1 is 1.18 bits per heavy atom. The van der Waals surface area contributed by atoms with Gasteiger partial charge in [-0.05, 0) is 29.9 Å². The molecule has 2 atom stereocenters. The van der Waals surface area contributed by atoms with Gasteiger partial charge in [-0.25, -0.2) is 4.79 Å². The van der Waals surface area contributed by atoms with E-state index in [9.17, 15) is 14.7 Å². The fraction of sp³-hybridized carbons (Fsp3) is 0.529. The van der Waals surface area contributed by atoms with Gasteiger partial charge in [0, 0.05) is 6.54 Å². The van der Waals surface area contributed by atoms with E-state index in [2.05, 4.69) is 0 Å². The largest absolute Gasteiger partial charge is 0.479 e. The molecule has 1 aromatic rings. The lowest BCUT2D eigenvalue weighted by molar-refractivity contribution is -0.151. The van der Waals surface area contributed by atoms with E-state index < -0.39 is 18.1 Å². The molecule has 0 radical (unpaired) electrons. The molecule has 22 heavy (non-hydrogen) atoms. The maximum atomic E-state index is 12.8. The van der Waals surface area contributed by atoms with Crippen molar-refractivity contribution in [2.75, 3.05) is 0 Å². The van der Waals surface area contributed by atoms with Gasteiger partial charge >= 0.3 is 5.97 Å². The summed E-state index contributed by atoms with van der Waals surface area (Å²) in [5, 5.41) is 9.54. The Hall–Kier alpha value is -1.88. The third kappa shape index (κ3) is 2.61. The Morgan fingerprint density at radius 3 is 2.55 bits per heavy atom. The van der Waals surface area contributed by atoms with Crippen molar-refractivity contribution in [2.24, 2.45) is 11.7 Å². The summed E-state index contributed by atoms with van der Waals surface area (Å²) in [4.78, 5) is 25.8. The molecule has 0 spiro atoms. The molecule has 1 aliphatic heterocycles. The summed E-state index contributed by atoms with van der Waals surface area (Å²) < 4.78 is 0. The lowest BCUT2D eigenvalue weighted by atomic mass is 9.83. The molecule has 3 rings (SSSR count). The Labute approximate surface area is 130 Å². The van der Waals surface area contributed by atoms with E-state index in [1.54, 1.807) is 6.07 Å². The van der Waals surface area contributed by atoms with Crippen LogP contribution in [0.1, 0.15) is 49.3 Å². The molecule has 1 aliphatic carbocycles. The van der Waals surface area contributed by atoms with Gasteiger partial charge in [-0.2, -0.15) is 0 Å². The maximum Gasteiger partial charge on any atom is 0.331 e. The molecule has 0 unspecified atom stereocenters. The number of carbonyl (C=O) groups excluding carboxylic acids is 1. The number of benzene rings is 1. The van der Waals surface area contributed by atoms with Gasteiger partial charge in [0.05, 0.1) is 6.04 Å². The van der Waals surface area contributed by atoms with Crippen molar-refractivity contribution >= 4 is 11.9 Å². The zero-order chi connectivity index (χ0) is 15.7.